The van der Waals surface area contributed by atoms with Crippen molar-refractivity contribution in [2.24, 2.45) is 5.92 Å². The number of alkyl halides is 2. The van der Waals surface area contributed by atoms with Crippen molar-refractivity contribution in [2.75, 3.05) is 6.61 Å². The normalized spacial score (nSPS) is 13.4. The fourth-order valence-electron chi connectivity index (χ4n) is 2.60. The third-order valence-corrected chi connectivity index (χ3v) is 4.19. The van der Waals surface area contributed by atoms with E-state index in [1.54, 1.807) is 13.0 Å². The minimum Gasteiger partial charge on any atom is -0.471 e. The highest BCUT2D eigenvalue weighted by atomic mass is 19.3. The summed E-state index contributed by atoms with van der Waals surface area (Å²) in [5.74, 6) is 0.287. The second-order valence-corrected chi connectivity index (χ2v) is 6.63. The Labute approximate surface area is 160 Å². The number of hydrogen-bond donors (Lipinski definition) is 1. The van der Waals surface area contributed by atoms with E-state index in [9.17, 15) is 18.4 Å². The largest absolute Gasteiger partial charge is 0.471 e. The molecule has 0 radical (unpaired) electrons. The van der Waals surface area contributed by atoms with Gasteiger partial charge in [-0.25, -0.2) is 23.7 Å². The van der Waals surface area contributed by atoms with E-state index in [1.165, 1.54) is 18.5 Å². The van der Waals surface area contributed by atoms with Crippen molar-refractivity contribution in [2.45, 2.75) is 39.2 Å². The molecule has 0 bridgehead atoms. The molecule has 148 valence electrons. The van der Waals surface area contributed by atoms with Crippen LogP contribution in [0.1, 0.15) is 40.3 Å². The van der Waals surface area contributed by atoms with E-state index in [1.807, 2.05) is 0 Å². The van der Waals surface area contributed by atoms with Crippen molar-refractivity contribution >= 4 is 11.7 Å². The molecule has 1 N–H and O–H groups in total. The zero-order chi connectivity index (χ0) is 20.1. The molecule has 0 atom stereocenters. The van der Waals surface area contributed by atoms with Crippen molar-refractivity contribution in [1.82, 2.24) is 20.3 Å². The lowest BCUT2D eigenvalue weighted by Gasteiger charge is -2.10. The molecule has 2 heterocycles. The van der Waals surface area contributed by atoms with Gasteiger partial charge in [-0.15, -0.1) is 0 Å². The first-order chi connectivity index (χ1) is 13.4. The Hall–Kier alpha value is -2.97. The molecule has 1 aliphatic rings. The Morgan fingerprint density at radius 1 is 1.32 bits per heavy atom. The van der Waals surface area contributed by atoms with Crippen LogP contribution in [0.25, 0.3) is 0 Å². The molecule has 7 nitrogen and oxygen atoms in total. The SMILES string of the molecule is Cc1cc(CNC(=O)c2ccnc(CC(=O)C3CC3)n2)cnc1OCC(F)F. The van der Waals surface area contributed by atoms with Gasteiger partial charge in [0.15, 0.2) is 6.61 Å². The number of ether oxygens (including phenoxy) is 1. The standard InChI is InChI=1S/C19H20F2N4O3/c1-11-6-12(9-24-19(11)28-10-16(20)21)8-23-18(27)14-4-5-22-17(25-14)7-15(26)13-2-3-13/h4-6,9,13,16H,2-3,7-8,10H2,1H3,(H,23,27). The second-order valence-electron chi connectivity index (χ2n) is 6.63. The highest BCUT2D eigenvalue weighted by molar-refractivity contribution is 5.92. The predicted molar refractivity (Wildman–Crippen MR) is 95.1 cm³/mol. The topological polar surface area (TPSA) is 94.1 Å². The van der Waals surface area contributed by atoms with Gasteiger partial charge in [-0.1, -0.05) is 0 Å². The van der Waals surface area contributed by atoms with Gasteiger partial charge in [-0.3, -0.25) is 9.59 Å². The Morgan fingerprint density at radius 3 is 2.79 bits per heavy atom. The molecule has 1 aliphatic carbocycles. The number of carbonyl (C=O) groups excluding carboxylic acids is 2. The van der Waals surface area contributed by atoms with Crippen molar-refractivity contribution in [3.63, 3.8) is 0 Å². The van der Waals surface area contributed by atoms with Gasteiger partial charge in [-0.2, -0.15) is 0 Å². The van der Waals surface area contributed by atoms with Crippen LogP contribution in [0.2, 0.25) is 0 Å². The van der Waals surface area contributed by atoms with Gasteiger partial charge < -0.3 is 10.1 Å². The molecule has 1 amide bonds. The van der Waals surface area contributed by atoms with Gasteiger partial charge in [0.05, 0.1) is 6.42 Å². The molecule has 1 fully saturated rings. The number of nitrogens with zero attached hydrogens (tertiary/aromatic N) is 3. The number of rotatable bonds is 9. The van der Waals surface area contributed by atoms with Crippen LogP contribution in [0.15, 0.2) is 24.5 Å². The molecule has 0 aromatic carbocycles. The van der Waals surface area contributed by atoms with Crippen LogP contribution >= 0.6 is 0 Å². The van der Waals surface area contributed by atoms with E-state index in [4.69, 9.17) is 4.74 Å². The molecule has 9 heteroatoms. The highest BCUT2D eigenvalue weighted by Crippen LogP contribution is 2.30. The van der Waals surface area contributed by atoms with Gasteiger partial charge in [0, 0.05) is 30.4 Å². The molecule has 0 saturated heterocycles. The Morgan fingerprint density at radius 2 is 2.11 bits per heavy atom. The van der Waals surface area contributed by atoms with Crippen molar-refractivity contribution < 1.29 is 23.1 Å². The van der Waals surface area contributed by atoms with Crippen LogP contribution in [0.5, 0.6) is 5.88 Å². The van der Waals surface area contributed by atoms with Crippen LogP contribution < -0.4 is 10.1 Å². The van der Waals surface area contributed by atoms with E-state index in [2.05, 4.69) is 20.3 Å². The summed E-state index contributed by atoms with van der Waals surface area (Å²) in [4.78, 5) is 36.4. The van der Waals surface area contributed by atoms with Crippen molar-refractivity contribution in [1.29, 1.82) is 0 Å². The van der Waals surface area contributed by atoms with Crippen LogP contribution in [0, 0.1) is 12.8 Å². The average molecular weight is 390 g/mol. The maximum atomic E-state index is 12.3. The molecule has 0 aliphatic heterocycles. The lowest BCUT2D eigenvalue weighted by Crippen LogP contribution is -2.24. The Kier molecular flexibility index (Phi) is 6.23. The van der Waals surface area contributed by atoms with Crippen LogP contribution in [0.3, 0.4) is 0 Å². The van der Waals surface area contributed by atoms with Gasteiger partial charge in [-0.05, 0) is 37.5 Å². The number of Topliss-reactive ketones (excluding diaryl/α,β-unsaturated/α-hetero) is 1. The first kappa shape index (κ1) is 19.8. The summed E-state index contributed by atoms with van der Waals surface area (Å²) in [6, 6.07) is 3.18. The zero-order valence-electron chi connectivity index (χ0n) is 15.3. The molecule has 0 spiro atoms. The minimum atomic E-state index is -2.57. The van der Waals surface area contributed by atoms with Gasteiger partial charge in [0.1, 0.15) is 17.3 Å². The summed E-state index contributed by atoms with van der Waals surface area (Å²) in [5, 5.41) is 2.71. The summed E-state index contributed by atoms with van der Waals surface area (Å²) in [6.45, 7) is 1.15. The van der Waals surface area contributed by atoms with E-state index in [0.717, 1.165) is 12.8 Å². The number of aryl methyl sites for hydroxylation is 1. The number of carbonyl (C=O) groups is 2. The smallest absolute Gasteiger partial charge is 0.272 e. The van der Waals surface area contributed by atoms with Crippen molar-refractivity contribution in [3.05, 3.63) is 47.2 Å². The third-order valence-electron chi connectivity index (χ3n) is 4.19. The lowest BCUT2D eigenvalue weighted by molar-refractivity contribution is -0.119. The van der Waals surface area contributed by atoms with Crippen LogP contribution in [0.4, 0.5) is 8.78 Å². The number of amides is 1. The first-order valence-electron chi connectivity index (χ1n) is 8.91. The second kappa shape index (κ2) is 8.81. The molecular formula is C19H20F2N4O3. The molecular weight excluding hydrogens is 370 g/mol. The minimum absolute atomic E-state index is 0.105. The van der Waals surface area contributed by atoms with Gasteiger partial charge in [0.2, 0.25) is 5.88 Å². The number of nitrogens with one attached hydrogen (secondary N) is 1. The molecule has 2 aromatic rings. The van der Waals surface area contributed by atoms with E-state index >= 15 is 0 Å². The first-order valence-corrected chi connectivity index (χ1v) is 8.91. The van der Waals surface area contributed by atoms with Crippen LogP contribution in [-0.4, -0.2) is 39.7 Å². The summed E-state index contributed by atoms with van der Waals surface area (Å²) in [5.41, 5.74) is 1.46. The monoisotopic (exact) mass is 390 g/mol. The maximum absolute atomic E-state index is 12.3. The lowest BCUT2D eigenvalue weighted by atomic mass is 10.2. The van der Waals surface area contributed by atoms with Crippen LogP contribution in [-0.2, 0) is 17.8 Å². The van der Waals surface area contributed by atoms with Gasteiger partial charge in [0.25, 0.3) is 12.3 Å². The third kappa shape index (κ3) is 5.51. The highest BCUT2D eigenvalue weighted by Gasteiger charge is 2.29. The number of pyridine rings is 1. The average Bonchev–Trinajstić information content (AvgIpc) is 3.50. The van der Waals surface area contributed by atoms with Gasteiger partial charge >= 0.3 is 0 Å². The molecule has 1 saturated carbocycles. The molecule has 28 heavy (non-hydrogen) atoms. The number of aromatic nitrogens is 3. The Bertz CT molecular complexity index is 872. The number of halogens is 2. The fraction of sp³-hybridized carbons (Fsp3) is 0.421. The molecule has 2 aromatic heterocycles. The maximum Gasteiger partial charge on any atom is 0.272 e. The predicted octanol–water partition coefficient (Wildman–Crippen LogP) is 2.28. The zero-order valence-corrected chi connectivity index (χ0v) is 15.3. The molecule has 3 rings (SSSR count). The summed E-state index contributed by atoms with van der Waals surface area (Å²) < 4.78 is 29.3. The quantitative estimate of drug-likeness (QED) is 0.706. The summed E-state index contributed by atoms with van der Waals surface area (Å²) in [6.07, 6.45) is 2.30. The Balaban J connectivity index is 1.56. The summed E-state index contributed by atoms with van der Waals surface area (Å²) >= 11 is 0. The van der Waals surface area contributed by atoms with E-state index in [0.29, 0.717) is 17.0 Å². The van der Waals surface area contributed by atoms with E-state index < -0.39 is 18.9 Å². The fourth-order valence-corrected chi connectivity index (χ4v) is 2.60. The van der Waals surface area contributed by atoms with E-state index in [-0.39, 0.29) is 36.2 Å². The number of hydrogen-bond acceptors (Lipinski definition) is 6. The molecule has 0 unspecified atom stereocenters. The number of ketones is 1. The van der Waals surface area contributed by atoms with Crippen molar-refractivity contribution in [3.8, 4) is 5.88 Å². The summed E-state index contributed by atoms with van der Waals surface area (Å²) in [7, 11) is 0.